The van der Waals surface area contributed by atoms with Crippen LogP contribution in [0.3, 0.4) is 0 Å². The smallest absolute Gasteiger partial charge is 0.253 e. The number of ether oxygens (including phenoxy) is 1. The summed E-state index contributed by atoms with van der Waals surface area (Å²) in [5.74, 6) is 0.0495. The Hall–Kier alpha value is -1.99. The average Bonchev–Trinajstić information content (AvgIpc) is 2.75. The molecule has 1 amide bonds. The van der Waals surface area contributed by atoms with Gasteiger partial charge in [-0.15, -0.1) is 0 Å². The van der Waals surface area contributed by atoms with Gasteiger partial charge in [0.1, 0.15) is 6.04 Å². The van der Waals surface area contributed by atoms with Crippen LogP contribution < -0.4 is 0 Å². The first-order valence-electron chi connectivity index (χ1n) is 10.4. The van der Waals surface area contributed by atoms with Crippen LogP contribution in [0, 0.1) is 24.2 Å². The van der Waals surface area contributed by atoms with E-state index in [1.807, 2.05) is 13.8 Å². The van der Waals surface area contributed by atoms with Gasteiger partial charge >= 0.3 is 0 Å². The number of amides is 1. The standard InChI is InChI=1S/C21H30N4O4S/c1-16(2)19(15-22)23-6-8-24(9-7-23)21(26)18-5-4-17(3)20(14-18)30(27,28)25-10-12-29-13-11-25/h4-5,14,16,19H,6-13H2,1-3H3. The van der Waals surface area contributed by atoms with Gasteiger partial charge in [-0.1, -0.05) is 19.9 Å². The number of rotatable bonds is 5. The lowest BCUT2D eigenvalue weighted by atomic mass is 10.0. The Morgan fingerprint density at radius 1 is 1.10 bits per heavy atom. The second-order valence-electron chi connectivity index (χ2n) is 8.14. The molecule has 30 heavy (non-hydrogen) atoms. The van der Waals surface area contributed by atoms with Crippen molar-refractivity contribution < 1.29 is 17.9 Å². The van der Waals surface area contributed by atoms with Crippen LogP contribution in [-0.2, 0) is 14.8 Å². The summed E-state index contributed by atoms with van der Waals surface area (Å²) in [6.45, 7) is 9.47. The fourth-order valence-corrected chi connectivity index (χ4v) is 5.63. The Morgan fingerprint density at radius 3 is 2.30 bits per heavy atom. The molecule has 2 aliphatic rings. The third kappa shape index (κ3) is 4.67. The van der Waals surface area contributed by atoms with Crippen LogP contribution in [0.2, 0.25) is 0 Å². The molecule has 0 radical (unpaired) electrons. The van der Waals surface area contributed by atoms with Gasteiger partial charge in [0.2, 0.25) is 10.0 Å². The average molecular weight is 435 g/mol. The van der Waals surface area contributed by atoms with E-state index in [0.29, 0.717) is 63.6 Å². The van der Waals surface area contributed by atoms with E-state index in [1.54, 1.807) is 24.0 Å². The van der Waals surface area contributed by atoms with E-state index in [2.05, 4.69) is 11.0 Å². The molecule has 9 heteroatoms. The molecule has 1 atom stereocenters. The summed E-state index contributed by atoms with van der Waals surface area (Å²) in [6, 6.07) is 7.08. The zero-order valence-electron chi connectivity index (χ0n) is 17.9. The van der Waals surface area contributed by atoms with Gasteiger partial charge in [-0.2, -0.15) is 9.57 Å². The number of piperazine rings is 1. The zero-order chi connectivity index (χ0) is 21.9. The van der Waals surface area contributed by atoms with Gasteiger partial charge in [-0.25, -0.2) is 8.42 Å². The molecule has 2 saturated heterocycles. The van der Waals surface area contributed by atoms with Gasteiger partial charge in [0.15, 0.2) is 0 Å². The number of hydrogen-bond donors (Lipinski definition) is 0. The normalized spacial score (nSPS) is 20.2. The first kappa shape index (κ1) is 22.7. The summed E-state index contributed by atoms with van der Waals surface area (Å²) >= 11 is 0. The number of sulfonamides is 1. The third-order valence-corrected chi connectivity index (χ3v) is 7.82. The van der Waals surface area contributed by atoms with Crippen LogP contribution in [0.25, 0.3) is 0 Å². The first-order chi connectivity index (χ1) is 14.3. The minimum absolute atomic E-state index is 0.160. The Balaban J connectivity index is 1.75. The first-order valence-corrected chi connectivity index (χ1v) is 11.8. The number of aryl methyl sites for hydroxylation is 1. The number of benzene rings is 1. The summed E-state index contributed by atoms with van der Waals surface area (Å²) in [5.41, 5.74) is 0.998. The Bertz CT molecular complexity index is 911. The Morgan fingerprint density at radius 2 is 1.73 bits per heavy atom. The maximum Gasteiger partial charge on any atom is 0.253 e. The number of nitrogens with zero attached hydrogens (tertiary/aromatic N) is 4. The van der Waals surface area contributed by atoms with E-state index in [9.17, 15) is 18.5 Å². The molecule has 0 bridgehead atoms. The zero-order valence-corrected chi connectivity index (χ0v) is 18.7. The van der Waals surface area contributed by atoms with Crippen molar-refractivity contribution in [2.75, 3.05) is 52.5 Å². The van der Waals surface area contributed by atoms with Crippen LogP contribution in [0.4, 0.5) is 0 Å². The van der Waals surface area contributed by atoms with Crippen molar-refractivity contribution in [3.05, 3.63) is 29.3 Å². The molecular weight excluding hydrogens is 404 g/mol. The summed E-state index contributed by atoms with van der Waals surface area (Å²) in [4.78, 5) is 17.1. The Labute approximate surface area is 179 Å². The largest absolute Gasteiger partial charge is 0.379 e. The van der Waals surface area contributed by atoms with Gasteiger partial charge in [-0.05, 0) is 30.5 Å². The van der Waals surface area contributed by atoms with E-state index < -0.39 is 10.0 Å². The maximum absolute atomic E-state index is 13.1. The van der Waals surface area contributed by atoms with Gasteiger partial charge in [0.05, 0.1) is 24.2 Å². The van der Waals surface area contributed by atoms with E-state index in [1.165, 1.54) is 10.4 Å². The highest BCUT2D eigenvalue weighted by Gasteiger charge is 2.31. The van der Waals surface area contributed by atoms with Crippen molar-refractivity contribution >= 4 is 15.9 Å². The van der Waals surface area contributed by atoms with Gasteiger partial charge in [0.25, 0.3) is 5.91 Å². The maximum atomic E-state index is 13.1. The lowest BCUT2D eigenvalue weighted by molar-refractivity contribution is 0.0576. The molecule has 3 rings (SSSR count). The quantitative estimate of drug-likeness (QED) is 0.694. The number of nitriles is 1. The van der Waals surface area contributed by atoms with Crippen LogP contribution in [0.15, 0.2) is 23.1 Å². The van der Waals surface area contributed by atoms with E-state index in [-0.39, 0.29) is 22.8 Å². The van der Waals surface area contributed by atoms with Crippen LogP contribution in [0.5, 0.6) is 0 Å². The fraction of sp³-hybridized carbons (Fsp3) is 0.619. The number of carbonyl (C=O) groups is 1. The molecule has 2 heterocycles. The molecule has 1 aromatic carbocycles. The van der Waals surface area contributed by atoms with Crippen molar-refractivity contribution in [3.63, 3.8) is 0 Å². The topological polar surface area (TPSA) is 93.9 Å². The molecule has 0 aliphatic carbocycles. The van der Waals surface area contributed by atoms with E-state index in [4.69, 9.17) is 4.74 Å². The molecule has 0 aromatic heterocycles. The SMILES string of the molecule is Cc1ccc(C(=O)N2CCN(C(C#N)C(C)C)CC2)cc1S(=O)(=O)N1CCOCC1. The molecule has 2 fully saturated rings. The minimum atomic E-state index is -3.67. The lowest BCUT2D eigenvalue weighted by Crippen LogP contribution is -2.52. The van der Waals surface area contributed by atoms with Crippen molar-refractivity contribution in [1.82, 2.24) is 14.1 Å². The number of carbonyl (C=O) groups excluding carboxylic acids is 1. The van der Waals surface area contributed by atoms with Crippen molar-refractivity contribution in [2.24, 2.45) is 5.92 Å². The van der Waals surface area contributed by atoms with Crippen LogP contribution >= 0.6 is 0 Å². The monoisotopic (exact) mass is 434 g/mol. The van der Waals surface area contributed by atoms with E-state index in [0.717, 1.165) is 0 Å². The molecule has 164 valence electrons. The number of morpholine rings is 1. The van der Waals surface area contributed by atoms with Gasteiger partial charge < -0.3 is 9.64 Å². The predicted molar refractivity (Wildman–Crippen MR) is 112 cm³/mol. The molecule has 1 aromatic rings. The summed E-state index contributed by atoms with van der Waals surface area (Å²) in [7, 11) is -3.67. The van der Waals surface area contributed by atoms with Crippen LogP contribution in [0.1, 0.15) is 29.8 Å². The molecule has 8 nitrogen and oxygen atoms in total. The van der Waals surface area contributed by atoms with Crippen molar-refractivity contribution in [1.29, 1.82) is 5.26 Å². The van der Waals surface area contributed by atoms with Crippen molar-refractivity contribution in [2.45, 2.75) is 31.7 Å². The fourth-order valence-electron chi connectivity index (χ4n) is 3.98. The second kappa shape index (κ2) is 9.43. The molecule has 0 saturated carbocycles. The highest BCUT2D eigenvalue weighted by molar-refractivity contribution is 7.89. The molecule has 2 aliphatic heterocycles. The minimum Gasteiger partial charge on any atom is -0.379 e. The highest BCUT2D eigenvalue weighted by atomic mass is 32.2. The Kier molecular flexibility index (Phi) is 7.14. The summed E-state index contributed by atoms with van der Waals surface area (Å²) < 4.78 is 32.8. The molecular formula is C21H30N4O4S. The van der Waals surface area contributed by atoms with Gasteiger partial charge in [-0.3, -0.25) is 9.69 Å². The predicted octanol–water partition coefficient (Wildman–Crippen LogP) is 1.32. The second-order valence-corrected chi connectivity index (χ2v) is 10.0. The summed E-state index contributed by atoms with van der Waals surface area (Å²) in [6.07, 6.45) is 0. The number of hydrogen-bond acceptors (Lipinski definition) is 6. The lowest BCUT2D eigenvalue weighted by Gasteiger charge is -2.38. The molecule has 1 unspecified atom stereocenters. The van der Waals surface area contributed by atoms with Gasteiger partial charge in [0, 0.05) is 44.8 Å². The highest BCUT2D eigenvalue weighted by Crippen LogP contribution is 2.23. The summed E-state index contributed by atoms with van der Waals surface area (Å²) in [5, 5.41) is 9.40. The third-order valence-electron chi connectivity index (χ3n) is 5.78. The van der Waals surface area contributed by atoms with Crippen LogP contribution in [-0.4, -0.2) is 87.0 Å². The van der Waals surface area contributed by atoms with E-state index >= 15 is 0 Å². The molecule has 0 spiro atoms. The molecule has 0 N–H and O–H groups in total. The van der Waals surface area contributed by atoms with Crippen molar-refractivity contribution in [3.8, 4) is 6.07 Å².